The molecule has 0 saturated carbocycles. The Labute approximate surface area is 186 Å². The molecule has 0 bridgehead atoms. The van der Waals surface area contributed by atoms with Gasteiger partial charge in [-0.25, -0.2) is 8.42 Å². The first kappa shape index (κ1) is 21.5. The maximum Gasteiger partial charge on any atom is 0.277 e. The summed E-state index contributed by atoms with van der Waals surface area (Å²) >= 11 is 5.88. The van der Waals surface area contributed by atoms with Crippen molar-refractivity contribution in [3.05, 3.63) is 65.3 Å². The van der Waals surface area contributed by atoms with Crippen LogP contribution in [0.2, 0.25) is 5.02 Å². The summed E-state index contributed by atoms with van der Waals surface area (Å²) in [6.45, 7) is 2.46. The molecule has 1 fully saturated rings. The summed E-state index contributed by atoms with van der Waals surface area (Å²) in [7, 11) is -3.56. The number of halogens is 1. The Morgan fingerprint density at radius 1 is 1.13 bits per heavy atom. The van der Waals surface area contributed by atoms with E-state index in [4.69, 9.17) is 16.1 Å². The number of nitrogens with one attached hydrogen (secondary N) is 1. The van der Waals surface area contributed by atoms with Crippen LogP contribution in [-0.2, 0) is 10.0 Å². The van der Waals surface area contributed by atoms with E-state index in [1.807, 2.05) is 6.92 Å². The Bertz CT molecular complexity index is 1170. The highest BCUT2D eigenvalue weighted by Crippen LogP contribution is 2.26. The second kappa shape index (κ2) is 8.82. The van der Waals surface area contributed by atoms with E-state index >= 15 is 0 Å². The van der Waals surface area contributed by atoms with Crippen LogP contribution in [0, 0.1) is 0 Å². The highest BCUT2D eigenvalue weighted by atomic mass is 35.5. The summed E-state index contributed by atoms with van der Waals surface area (Å²) in [5.74, 6) is -0.0110. The summed E-state index contributed by atoms with van der Waals surface area (Å²) in [5, 5.41) is 7.12. The van der Waals surface area contributed by atoms with Gasteiger partial charge in [-0.2, -0.15) is 4.31 Å². The summed E-state index contributed by atoms with van der Waals surface area (Å²) in [4.78, 5) is 12.7. The number of carbonyl (C=O) groups excluding carboxylic acids is 1. The third-order valence-electron chi connectivity index (χ3n) is 5.33. The van der Waals surface area contributed by atoms with E-state index < -0.39 is 15.9 Å². The smallest absolute Gasteiger partial charge is 0.277 e. The van der Waals surface area contributed by atoms with Crippen LogP contribution in [-0.4, -0.2) is 36.4 Å². The standard InChI is InChI=1S/C22H22ClN3O4S/c1-15-4-2-3-13-26(15)31(28,29)19-11-9-18(10-12-19)24-22(27)20-14-21(30-25-20)16-5-7-17(23)8-6-16/h5-12,14-15H,2-4,13H2,1H3,(H,24,27)/t15-/m1/s1. The molecule has 2 aromatic carbocycles. The SMILES string of the molecule is C[C@@H]1CCCCN1S(=O)(=O)c1ccc(NC(=O)c2cc(-c3ccc(Cl)cc3)on2)cc1. The summed E-state index contributed by atoms with van der Waals surface area (Å²) in [6.07, 6.45) is 2.77. The first-order valence-corrected chi connectivity index (χ1v) is 11.8. The third-order valence-corrected chi connectivity index (χ3v) is 7.61. The number of hydrogen-bond acceptors (Lipinski definition) is 5. The molecule has 1 atom stereocenters. The second-order valence-electron chi connectivity index (χ2n) is 7.52. The zero-order valence-corrected chi connectivity index (χ0v) is 18.5. The number of anilines is 1. The lowest BCUT2D eigenvalue weighted by molar-refractivity contribution is 0.101. The van der Waals surface area contributed by atoms with Gasteiger partial charge in [0.2, 0.25) is 10.0 Å². The van der Waals surface area contributed by atoms with E-state index in [9.17, 15) is 13.2 Å². The van der Waals surface area contributed by atoms with Crippen molar-refractivity contribution >= 4 is 33.2 Å². The highest BCUT2D eigenvalue weighted by Gasteiger charge is 2.30. The number of sulfonamides is 1. The molecule has 0 spiro atoms. The van der Waals surface area contributed by atoms with Gasteiger partial charge in [-0.05, 0) is 68.3 Å². The van der Waals surface area contributed by atoms with Crippen molar-refractivity contribution < 1.29 is 17.7 Å². The molecule has 1 aromatic heterocycles. The van der Waals surface area contributed by atoms with Gasteiger partial charge in [0.25, 0.3) is 5.91 Å². The molecule has 162 valence electrons. The van der Waals surface area contributed by atoms with Crippen LogP contribution in [0.5, 0.6) is 0 Å². The van der Waals surface area contributed by atoms with Crippen molar-refractivity contribution in [1.82, 2.24) is 9.46 Å². The number of amides is 1. The number of aromatic nitrogens is 1. The minimum atomic E-state index is -3.56. The molecule has 1 amide bonds. The largest absolute Gasteiger partial charge is 0.355 e. The summed E-state index contributed by atoms with van der Waals surface area (Å²) in [6, 6.07) is 14.7. The Hall–Kier alpha value is -2.68. The fraction of sp³-hybridized carbons (Fsp3) is 0.273. The maximum atomic E-state index is 12.9. The Morgan fingerprint density at radius 3 is 2.52 bits per heavy atom. The van der Waals surface area contributed by atoms with Crippen LogP contribution in [0.15, 0.2) is 64.0 Å². The van der Waals surface area contributed by atoms with Gasteiger partial charge in [-0.15, -0.1) is 0 Å². The Kier molecular flexibility index (Phi) is 6.13. The van der Waals surface area contributed by atoms with E-state index in [0.29, 0.717) is 23.0 Å². The molecule has 9 heteroatoms. The minimum Gasteiger partial charge on any atom is -0.355 e. The number of benzene rings is 2. The Morgan fingerprint density at radius 2 is 1.84 bits per heavy atom. The monoisotopic (exact) mass is 459 g/mol. The highest BCUT2D eigenvalue weighted by molar-refractivity contribution is 7.89. The summed E-state index contributed by atoms with van der Waals surface area (Å²) in [5.41, 5.74) is 1.33. The number of hydrogen-bond donors (Lipinski definition) is 1. The molecule has 1 saturated heterocycles. The molecule has 0 radical (unpaired) electrons. The molecular weight excluding hydrogens is 438 g/mol. The quantitative estimate of drug-likeness (QED) is 0.591. The number of nitrogens with zero attached hydrogens (tertiary/aromatic N) is 2. The molecule has 2 heterocycles. The lowest BCUT2D eigenvalue weighted by Gasteiger charge is -2.32. The average molecular weight is 460 g/mol. The zero-order chi connectivity index (χ0) is 22.0. The van der Waals surface area contributed by atoms with Crippen LogP contribution in [0.25, 0.3) is 11.3 Å². The lowest BCUT2D eigenvalue weighted by Crippen LogP contribution is -2.41. The molecule has 0 aliphatic carbocycles. The van der Waals surface area contributed by atoms with Crippen molar-refractivity contribution in [2.45, 2.75) is 37.1 Å². The zero-order valence-electron chi connectivity index (χ0n) is 16.9. The molecule has 1 aliphatic rings. The van der Waals surface area contributed by atoms with Gasteiger partial charge in [-0.3, -0.25) is 4.79 Å². The molecule has 7 nitrogen and oxygen atoms in total. The predicted molar refractivity (Wildman–Crippen MR) is 119 cm³/mol. The molecule has 0 unspecified atom stereocenters. The number of piperidine rings is 1. The van der Waals surface area contributed by atoms with Gasteiger partial charge in [-0.1, -0.05) is 23.2 Å². The van der Waals surface area contributed by atoms with Crippen LogP contribution in [0.4, 0.5) is 5.69 Å². The Balaban J connectivity index is 1.45. The van der Waals surface area contributed by atoms with E-state index in [2.05, 4.69) is 10.5 Å². The lowest BCUT2D eigenvalue weighted by atomic mass is 10.1. The molecule has 31 heavy (non-hydrogen) atoms. The second-order valence-corrected chi connectivity index (χ2v) is 9.85. The van der Waals surface area contributed by atoms with E-state index in [-0.39, 0.29) is 16.6 Å². The molecule has 3 aromatic rings. The summed E-state index contributed by atoms with van der Waals surface area (Å²) < 4.78 is 32.6. The van der Waals surface area contributed by atoms with Gasteiger partial charge in [0.1, 0.15) is 0 Å². The van der Waals surface area contributed by atoms with Crippen molar-refractivity contribution in [2.24, 2.45) is 0 Å². The van der Waals surface area contributed by atoms with Crippen molar-refractivity contribution in [3.63, 3.8) is 0 Å². The predicted octanol–water partition coefficient (Wildman–Crippen LogP) is 4.81. The maximum absolute atomic E-state index is 12.9. The topological polar surface area (TPSA) is 92.5 Å². The number of carbonyl (C=O) groups is 1. The molecular formula is C22H22ClN3O4S. The van der Waals surface area contributed by atoms with E-state index in [1.165, 1.54) is 18.2 Å². The normalized spacial score (nSPS) is 17.4. The fourth-order valence-corrected chi connectivity index (χ4v) is 5.43. The van der Waals surface area contributed by atoms with Crippen molar-refractivity contribution in [2.75, 3.05) is 11.9 Å². The minimum absolute atomic E-state index is 0.0138. The van der Waals surface area contributed by atoms with E-state index in [0.717, 1.165) is 24.8 Å². The van der Waals surface area contributed by atoms with Crippen molar-refractivity contribution in [1.29, 1.82) is 0 Å². The first-order valence-electron chi connectivity index (χ1n) is 10.0. The van der Waals surface area contributed by atoms with Gasteiger partial charge < -0.3 is 9.84 Å². The van der Waals surface area contributed by atoms with Gasteiger partial charge in [0.15, 0.2) is 11.5 Å². The van der Waals surface area contributed by atoms with Gasteiger partial charge in [0, 0.05) is 34.9 Å². The molecule has 1 aliphatic heterocycles. The van der Waals surface area contributed by atoms with E-state index in [1.54, 1.807) is 40.7 Å². The molecule has 4 rings (SSSR count). The molecule has 1 N–H and O–H groups in total. The van der Waals surface area contributed by atoms with Gasteiger partial charge in [0.05, 0.1) is 4.90 Å². The van der Waals surface area contributed by atoms with Crippen LogP contribution >= 0.6 is 11.6 Å². The fourth-order valence-electron chi connectivity index (χ4n) is 3.60. The first-order chi connectivity index (χ1) is 14.8. The van der Waals surface area contributed by atoms with Crippen molar-refractivity contribution in [3.8, 4) is 11.3 Å². The van der Waals surface area contributed by atoms with Crippen LogP contribution < -0.4 is 5.32 Å². The number of rotatable bonds is 5. The average Bonchev–Trinajstić information content (AvgIpc) is 3.25. The van der Waals surface area contributed by atoms with Crippen LogP contribution in [0.3, 0.4) is 0 Å². The van der Waals surface area contributed by atoms with Gasteiger partial charge >= 0.3 is 0 Å². The van der Waals surface area contributed by atoms with Crippen LogP contribution in [0.1, 0.15) is 36.7 Å². The third kappa shape index (κ3) is 4.66.